The van der Waals surface area contributed by atoms with Crippen molar-refractivity contribution in [3.63, 3.8) is 0 Å². The number of carboxylic acid groups (broad SMARTS) is 1. The van der Waals surface area contributed by atoms with Gasteiger partial charge in [-0.15, -0.1) is 0 Å². The molecule has 104 valence electrons. The van der Waals surface area contributed by atoms with Crippen molar-refractivity contribution in [2.45, 2.75) is 52.0 Å². The number of urea groups is 1. The van der Waals surface area contributed by atoms with E-state index in [2.05, 4.69) is 5.32 Å². The molecule has 1 aliphatic rings. The van der Waals surface area contributed by atoms with Gasteiger partial charge in [0.2, 0.25) is 0 Å². The average molecular weight is 256 g/mol. The summed E-state index contributed by atoms with van der Waals surface area (Å²) < 4.78 is 0. The van der Waals surface area contributed by atoms with E-state index in [4.69, 9.17) is 5.11 Å². The maximum atomic E-state index is 12.0. The van der Waals surface area contributed by atoms with Crippen LogP contribution in [-0.2, 0) is 4.79 Å². The molecule has 1 rings (SSSR count). The van der Waals surface area contributed by atoms with Crippen LogP contribution < -0.4 is 5.32 Å². The minimum Gasteiger partial charge on any atom is -0.481 e. The van der Waals surface area contributed by atoms with Crippen LogP contribution in [0.3, 0.4) is 0 Å². The Kier molecular flexibility index (Phi) is 5.95. The Bertz CT molecular complexity index is 286. The van der Waals surface area contributed by atoms with Gasteiger partial charge in [-0.3, -0.25) is 4.79 Å². The number of rotatable bonds is 6. The number of aliphatic carboxylic acids is 1. The Morgan fingerprint density at radius 2 is 1.94 bits per heavy atom. The zero-order valence-electron chi connectivity index (χ0n) is 11.3. The van der Waals surface area contributed by atoms with Gasteiger partial charge in [0, 0.05) is 19.1 Å². The molecule has 0 aromatic rings. The number of carboxylic acids is 1. The van der Waals surface area contributed by atoms with Crippen LogP contribution in [0.25, 0.3) is 0 Å². The summed E-state index contributed by atoms with van der Waals surface area (Å²) >= 11 is 0. The van der Waals surface area contributed by atoms with Gasteiger partial charge in [0.15, 0.2) is 0 Å². The van der Waals surface area contributed by atoms with Crippen molar-refractivity contribution >= 4 is 12.0 Å². The molecule has 0 aromatic heterocycles. The molecule has 0 unspecified atom stereocenters. The number of carbonyl (C=O) groups excluding carboxylic acids is 1. The first kappa shape index (κ1) is 14.8. The first-order valence-corrected chi connectivity index (χ1v) is 6.77. The Morgan fingerprint density at radius 3 is 2.44 bits per heavy atom. The predicted molar refractivity (Wildman–Crippen MR) is 69.5 cm³/mol. The standard InChI is InChI=1S/C13H24N2O3/c1-10(2)15(8-7-12(16)17)13(18)14-9-11-5-3-4-6-11/h10-11H,3-9H2,1-2H3,(H,14,18)(H,16,17). The second-order valence-corrected chi connectivity index (χ2v) is 5.27. The fourth-order valence-corrected chi connectivity index (χ4v) is 2.36. The predicted octanol–water partition coefficient (Wildman–Crippen LogP) is 2.07. The number of amides is 2. The van der Waals surface area contributed by atoms with Crippen molar-refractivity contribution in [3.05, 3.63) is 0 Å². The highest BCUT2D eigenvalue weighted by atomic mass is 16.4. The highest BCUT2D eigenvalue weighted by Crippen LogP contribution is 2.23. The van der Waals surface area contributed by atoms with E-state index in [1.54, 1.807) is 4.90 Å². The average Bonchev–Trinajstić information content (AvgIpc) is 2.78. The third-order valence-corrected chi connectivity index (χ3v) is 3.47. The maximum absolute atomic E-state index is 12.0. The largest absolute Gasteiger partial charge is 0.481 e. The SMILES string of the molecule is CC(C)N(CCC(=O)O)C(=O)NCC1CCCC1. The molecule has 0 saturated heterocycles. The number of hydrogen-bond acceptors (Lipinski definition) is 2. The fourth-order valence-electron chi connectivity index (χ4n) is 2.36. The van der Waals surface area contributed by atoms with E-state index in [1.165, 1.54) is 25.7 Å². The van der Waals surface area contributed by atoms with Crippen LogP contribution in [0.5, 0.6) is 0 Å². The van der Waals surface area contributed by atoms with Crippen LogP contribution >= 0.6 is 0 Å². The lowest BCUT2D eigenvalue weighted by atomic mass is 10.1. The summed E-state index contributed by atoms with van der Waals surface area (Å²) in [5.74, 6) is -0.272. The Balaban J connectivity index is 2.35. The van der Waals surface area contributed by atoms with Gasteiger partial charge in [-0.1, -0.05) is 12.8 Å². The van der Waals surface area contributed by atoms with Crippen LogP contribution in [0, 0.1) is 5.92 Å². The van der Waals surface area contributed by atoms with Gasteiger partial charge in [0.1, 0.15) is 0 Å². The maximum Gasteiger partial charge on any atom is 0.317 e. The van der Waals surface area contributed by atoms with Crippen LogP contribution in [-0.4, -0.2) is 41.1 Å². The van der Waals surface area contributed by atoms with Crippen molar-refractivity contribution in [2.24, 2.45) is 5.92 Å². The van der Waals surface area contributed by atoms with Crippen molar-refractivity contribution in [1.29, 1.82) is 0 Å². The van der Waals surface area contributed by atoms with Crippen LogP contribution in [0.2, 0.25) is 0 Å². The molecular formula is C13H24N2O3. The topological polar surface area (TPSA) is 69.6 Å². The molecule has 18 heavy (non-hydrogen) atoms. The summed E-state index contributed by atoms with van der Waals surface area (Å²) in [4.78, 5) is 24.1. The highest BCUT2D eigenvalue weighted by molar-refractivity contribution is 5.75. The van der Waals surface area contributed by atoms with Gasteiger partial charge in [0.25, 0.3) is 0 Å². The summed E-state index contributed by atoms with van der Waals surface area (Å²) in [7, 11) is 0. The molecule has 0 atom stereocenters. The first-order chi connectivity index (χ1) is 8.50. The minimum absolute atomic E-state index is 0.00493. The third kappa shape index (κ3) is 4.94. The van der Waals surface area contributed by atoms with Gasteiger partial charge in [-0.2, -0.15) is 0 Å². The Hall–Kier alpha value is -1.26. The summed E-state index contributed by atoms with van der Waals surface area (Å²) in [5.41, 5.74) is 0. The summed E-state index contributed by atoms with van der Waals surface area (Å²) in [6, 6.07) is -0.119. The molecular weight excluding hydrogens is 232 g/mol. The lowest BCUT2D eigenvalue weighted by Gasteiger charge is -2.27. The molecule has 2 N–H and O–H groups in total. The van der Waals surface area contributed by atoms with Gasteiger partial charge >= 0.3 is 12.0 Å². The Labute approximate surface area is 109 Å². The van der Waals surface area contributed by atoms with E-state index in [9.17, 15) is 9.59 Å². The van der Waals surface area contributed by atoms with E-state index in [1.807, 2.05) is 13.8 Å². The smallest absolute Gasteiger partial charge is 0.317 e. The van der Waals surface area contributed by atoms with E-state index >= 15 is 0 Å². The number of nitrogens with zero attached hydrogens (tertiary/aromatic N) is 1. The van der Waals surface area contributed by atoms with Crippen LogP contribution in [0.4, 0.5) is 4.79 Å². The van der Waals surface area contributed by atoms with Gasteiger partial charge in [0.05, 0.1) is 6.42 Å². The van der Waals surface area contributed by atoms with Gasteiger partial charge in [-0.05, 0) is 32.6 Å². The molecule has 0 aliphatic heterocycles. The van der Waals surface area contributed by atoms with Crippen LogP contribution in [0.1, 0.15) is 46.0 Å². The van der Waals surface area contributed by atoms with E-state index in [0.717, 1.165) is 6.54 Å². The normalized spacial score (nSPS) is 15.9. The fraction of sp³-hybridized carbons (Fsp3) is 0.846. The van der Waals surface area contributed by atoms with Crippen molar-refractivity contribution < 1.29 is 14.7 Å². The monoisotopic (exact) mass is 256 g/mol. The first-order valence-electron chi connectivity index (χ1n) is 6.77. The molecule has 1 aliphatic carbocycles. The second-order valence-electron chi connectivity index (χ2n) is 5.27. The molecule has 0 heterocycles. The van der Waals surface area contributed by atoms with Gasteiger partial charge in [-0.25, -0.2) is 4.79 Å². The van der Waals surface area contributed by atoms with Crippen LogP contribution in [0.15, 0.2) is 0 Å². The van der Waals surface area contributed by atoms with Gasteiger partial charge < -0.3 is 15.3 Å². The molecule has 0 radical (unpaired) electrons. The molecule has 0 spiro atoms. The number of nitrogens with one attached hydrogen (secondary N) is 1. The Morgan fingerprint density at radius 1 is 1.33 bits per heavy atom. The minimum atomic E-state index is -0.871. The molecule has 1 fully saturated rings. The van der Waals surface area contributed by atoms with E-state index in [-0.39, 0.29) is 25.0 Å². The van der Waals surface area contributed by atoms with E-state index < -0.39 is 5.97 Å². The van der Waals surface area contributed by atoms with E-state index in [0.29, 0.717) is 5.92 Å². The second kappa shape index (κ2) is 7.24. The number of carbonyl (C=O) groups is 2. The highest BCUT2D eigenvalue weighted by Gasteiger charge is 2.20. The number of hydrogen-bond donors (Lipinski definition) is 2. The molecule has 0 bridgehead atoms. The molecule has 5 nitrogen and oxygen atoms in total. The third-order valence-electron chi connectivity index (χ3n) is 3.47. The quantitative estimate of drug-likeness (QED) is 0.764. The lowest BCUT2D eigenvalue weighted by molar-refractivity contribution is -0.137. The summed E-state index contributed by atoms with van der Waals surface area (Å²) in [6.07, 6.45) is 4.89. The lowest BCUT2D eigenvalue weighted by Crippen LogP contribution is -2.46. The molecule has 2 amide bonds. The molecule has 1 saturated carbocycles. The van der Waals surface area contributed by atoms with Crippen molar-refractivity contribution in [1.82, 2.24) is 10.2 Å². The van der Waals surface area contributed by atoms with Crippen molar-refractivity contribution in [2.75, 3.05) is 13.1 Å². The zero-order valence-corrected chi connectivity index (χ0v) is 11.3. The molecule has 5 heteroatoms. The van der Waals surface area contributed by atoms with Crippen molar-refractivity contribution in [3.8, 4) is 0 Å². The summed E-state index contributed by atoms with van der Waals surface area (Å²) in [5, 5.41) is 11.6. The molecule has 0 aromatic carbocycles. The summed E-state index contributed by atoms with van der Waals surface area (Å²) in [6.45, 7) is 4.78. The zero-order chi connectivity index (χ0) is 13.5.